The Morgan fingerprint density at radius 3 is 2.94 bits per heavy atom. The molecule has 2 aromatic rings. The van der Waals surface area contributed by atoms with Crippen LogP contribution < -0.4 is 5.32 Å². The van der Waals surface area contributed by atoms with Gasteiger partial charge in [0.15, 0.2) is 0 Å². The Labute approximate surface area is 191 Å². The monoisotopic (exact) mass is 450 g/mol. The van der Waals surface area contributed by atoms with Crippen LogP contribution in [0.4, 0.5) is 9.80 Å². The molecule has 1 N–H and O–H groups in total. The molecule has 3 heterocycles. The van der Waals surface area contributed by atoms with Crippen molar-refractivity contribution < 1.29 is 14.3 Å². The highest BCUT2D eigenvalue weighted by molar-refractivity contribution is 7.16. The predicted molar refractivity (Wildman–Crippen MR) is 123 cm³/mol. The fraction of sp³-hybridized carbons (Fsp3) is 0.417. The van der Waals surface area contributed by atoms with Crippen LogP contribution in [-0.2, 0) is 22.4 Å². The van der Waals surface area contributed by atoms with Crippen LogP contribution in [0.5, 0.6) is 0 Å². The minimum Gasteiger partial charge on any atom is -0.449 e. The number of fused-ring (bicyclic) bond motifs is 1. The van der Waals surface area contributed by atoms with Gasteiger partial charge in [-0.2, -0.15) is 5.26 Å². The maximum atomic E-state index is 12.4. The Balaban J connectivity index is 1.36. The number of carbonyl (C=O) groups excluding carboxylic acids is 2. The van der Waals surface area contributed by atoms with Crippen LogP contribution >= 0.6 is 11.3 Å². The number of nitrogens with one attached hydrogen (secondary N) is 1. The van der Waals surface area contributed by atoms with Crippen LogP contribution in [-0.4, -0.2) is 41.6 Å². The molecule has 0 saturated carbocycles. The molecule has 0 spiro atoms. The van der Waals surface area contributed by atoms with Gasteiger partial charge in [-0.25, -0.2) is 4.79 Å². The van der Waals surface area contributed by atoms with E-state index in [2.05, 4.69) is 16.4 Å². The fourth-order valence-electron chi connectivity index (χ4n) is 4.16. The van der Waals surface area contributed by atoms with Crippen molar-refractivity contribution >= 4 is 34.4 Å². The number of amides is 2. The van der Waals surface area contributed by atoms with E-state index in [1.807, 2.05) is 6.07 Å². The number of aromatic nitrogens is 1. The summed E-state index contributed by atoms with van der Waals surface area (Å²) in [6.07, 6.45) is 11.9. The first-order valence-electron chi connectivity index (χ1n) is 11.0. The van der Waals surface area contributed by atoms with Gasteiger partial charge in [0.2, 0.25) is 5.91 Å². The van der Waals surface area contributed by atoms with Gasteiger partial charge in [-0.05, 0) is 67.7 Å². The van der Waals surface area contributed by atoms with E-state index in [-0.39, 0.29) is 17.9 Å². The van der Waals surface area contributed by atoms with Crippen LogP contribution in [0.25, 0.3) is 6.08 Å². The summed E-state index contributed by atoms with van der Waals surface area (Å²) in [5.41, 5.74) is 2.40. The van der Waals surface area contributed by atoms with E-state index < -0.39 is 0 Å². The molecule has 1 fully saturated rings. The summed E-state index contributed by atoms with van der Waals surface area (Å²) in [7, 11) is 0. The number of rotatable bonds is 5. The Hall–Kier alpha value is -3.18. The summed E-state index contributed by atoms with van der Waals surface area (Å²) < 4.78 is 5.58. The fourth-order valence-corrected chi connectivity index (χ4v) is 5.48. The van der Waals surface area contributed by atoms with Crippen LogP contribution in [0.15, 0.2) is 30.6 Å². The average molecular weight is 451 g/mol. The molecule has 1 aliphatic heterocycles. The third-order valence-electron chi connectivity index (χ3n) is 5.88. The predicted octanol–water partition coefficient (Wildman–Crippen LogP) is 4.39. The number of pyridine rings is 1. The summed E-state index contributed by atoms with van der Waals surface area (Å²) >= 11 is 1.45. The van der Waals surface area contributed by atoms with Crippen LogP contribution in [0, 0.1) is 17.2 Å². The molecule has 2 amide bonds. The largest absolute Gasteiger partial charge is 0.449 e. The van der Waals surface area contributed by atoms with Crippen molar-refractivity contribution in [2.24, 2.45) is 5.92 Å². The lowest BCUT2D eigenvalue weighted by Gasteiger charge is -2.27. The van der Waals surface area contributed by atoms with E-state index in [1.54, 1.807) is 29.4 Å². The summed E-state index contributed by atoms with van der Waals surface area (Å²) in [4.78, 5) is 31.6. The van der Waals surface area contributed by atoms with E-state index >= 15 is 0 Å². The lowest BCUT2D eigenvalue weighted by atomic mass is 9.88. The second-order valence-electron chi connectivity index (χ2n) is 8.16. The smallest absolute Gasteiger partial charge is 0.409 e. The Morgan fingerprint density at radius 1 is 1.34 bits per heavy atom. The van der Waals surface area contributed by atoms with Crippen LogP contribution in [0.3, 0.4) is 0 Å². The topological polar surface area (TPSA) is 95.3 Å². The van der Waals surface area contributed by atoms with Gasteiger partial charge >= 0.3 is 6.09 Å². The molecule has 1 unspecified atom stereocenters. The van der Waals surface area contributed by atoms with Crippen molar-refractivity contribution in [3.63, 3.8) is 0 Å². The molecule has 1 saturated heterocycles. The van der Waals surface area contributed by atoms with Crippen molar-refractivity contribution in [3.8, 4) is 6.07 Å². The van der Waals surface area contributed by atoms with Gasteiger partial charge < -0.3 is 15.0 Å². The number of nitrogens with zero attached hydrogens (tertiary/aromatic N) is 3. The highest BCUT2D eigenvalue weighted by atomic mass is 32.1. The number of carbonyl (C=O) groups is 2. The molecule has 0 aromatic carbocycles. The molecule has 0 radical (unpaired) electrons. The van der Waals surface area contributed by atoms with Gasteiger partial charge in [0, 0.05) is 36.4 Å². The SMILES string of the molecule is N#Cc1c(NC(=O)/C=C/c2cccnc2)sc2c1CCC(COC(=O)N1CCCCC1)C2. The molecule has 8 heteroatoms. The zero-order chi connectivity index (χ0) is 22.3. The molecule has 0 bridgehead atoms. The number of thiophene rings is 1. The minimum atomic E-state index is -0.282. The standard InChI is InChI=1S/C24H26N4O3S/c25-14-20-19-8-6-18(16-31-24(30)28-11-2-1-3-12-28)13-21(19)32-23(20)27-22(29)9-7-17-5-4-10-26-15-17/h4-5,7,9-10,15,18H,1-3,6,8,11-13,16H2,(H,27,29)/b9-7+. The molecule has 4 rings (SSSR count). The van der Waals surface area contributed by atoms with Crippen LogP contribution in [0.2, 0.25) is 0 Å². The van der Waals surface area contributed by atoms with E-state index in [1.165, 1.54) is 23.8 Å². The van der Waals surface area contributed by atoms with Crippen molar-refractivity contribution in [1.82, 2.24) is 9.88 Å². The summed E-state index contributed by atoms with van der Waals surface area (Å²) in [5.74, 6) is -0.0496. The van der Waals surface area contributed by atoms with Gasteiger partial charge in [-0.1, -0.05) is 6.07 Å². The second-order valence-corrected chi connectivity index (χ2v) is 9.27. The number of likely N-dealkylation sites (tertiary alicyclic amines) is 1. The van der Waals surface area contributed by atoms with E-state index in [9.17, 15) is 14.9 Å². The molecule has 7 nitrogen and oxygen atoms in total. The summed E-state index contributed by atoms with van der Waals surface area (Å²) in [5, 5.41) is 13.1. The zero-order valence-electron chi connectivity index (χ0n) is 17.9. The van der Waals surface area contributed by atoms with Crippen molar-refractivity contribution in [2.45, 2.75) is 38.5 Å². The number of hydrogen-bond acceptors (Lipinski definition) is 6. The van der Waals surface area contributed by atoms with E-state index in [4.69, 9.17) is 4.74 Å². The molecule has 1 atom stereocenters. The zero-order valence-corrected chi connectivity index (χ0v) is 18.7. The number of piperidine rings is 1. The van der Waals surface area contributed by atoms with Crippen molar-refractivity contribution in [3.05, 3.63) is 52.2 Å². The first kappa shape index (κ1) is 22.0. The van der Waals surface area contributed by atoms with Crippen LogP contribution in [0.1, 0.15) is 47.3 Å². The first-order valence-corrected chi connectivity index (χ1v) is 11.8. The average Bonchev–Trinajstić information content (AvgIpc) is 3.18. The second kappa shape index (κ2) is 10.4. The summed E-state index contributed by atoms with van der Waals surface area (Å²) in [6, 6.07) is 5.93. The molecule has 166 valence electrons. The molecular weight excluding hydrogens is 424 g/mol. The molecular formula is C24H26N4O3S. The van der Waals surface area contributed by atoms with Gasteiger partial charge in [0.05, 0.1) is 12.2 Å². The number of ether oxygens (including phenoxy) is 1. The Kier molecular flexibility index (Phi) is 7.17. The van der Waals surface area contributed by atoms with Gasteiger partial charge in [0.1, 0.15) is 11.1 Å². The van der Waals surface area contributed by atoms with Gasteiger partial charge in [-0.3, -0.25) is 9.78 Å². The Bertz CT molecular complexity index is 1040. The van der Waals surface area contributed by atoms with Gasteiger partial charge in [-0.15, -0.1) is 11.3 Å². The van der Waals surface area contributed by atoms with Crippen molar-refractivity contribution in [1.29, 1.82) is 5.26 Å². The third kappa shape index (κ3) is 5.35. The minimum absolute atomic E-state index is 0.215. The molecule has 32 heavy (non-hydrogen) atoms. The lowest BCUT2D eigenvalue weighted by molar-refractivity contribution is -0.111. The molecule has 1 aliphatic carbocycles. The van der Waals surface area contributed by atoms with E-state index in [0.29, 0.717) is 17.2 Å². The third-order valence-corrected chi connectivity index (χ3v) is 7.05. The number of hydrogen-bond donors (Lipinski definition) is 1. The lowest BCUT2D eigenvalue weighted by Crippen LogP contribution is -2.37. The normalized spacial score (nSPS) is 18.1. The molecule has 2 aliphatic rings. The number of nitriles is 1. The van der Waals surface area contributed by atoms with E-state index in [0.717, 1.165) is 61.2 Å². The highest BCUT2D eigenvalue weighted by Crippen LogP contribution is 2.39. The first-order chi connectivity index (χ1) is 15.6. The maximum absolute atomic E-state index is 12.4. The van der Waals surface area contributed by atoms with Crippen molar-refractivity contribution in [2.75, 3.05) is 25.0 Å². The quantitative estimate of drug-likeness (QED) is 0.682. The highest BCUT2D eigenvalue weighted by Gasteiger charge is 2.28. The number of anilines is 1. The summed E-state index contributed by atoms with van der Waals surface area (Å²) in [6.45, 7) is 1.95. The van der Waals surface area contributed by atoms with Gasteiger partial charge in [0.25, 0.3) is 0 Å². The Morgan fingerprint density at radius 2 is 2.19 bits per heavy atom. The molecule has 2 aromatic heterocycles. The maximum Gasteiger partial charge on any atom is 0.409 e.